The van der Waals surface area contributed by atoms with Crippen LogP contribution in [0.3, 0.4) is 0 Å². The van der Waals surface area contributed by atoms with Gasteiger partial charge in [0.2, 0.25) is 16.0 Å². The van der Waals surface area contributed by atoms with Crippen LogP contribution < -0.4 is 11.1 Å². The molecule has 0 bridgehead atoms. The van der Waals surface area contributed by atoms with Gasteiger partial charge in [-0.25, -0.2) is 22.1 Å². The molecule has 0 aromatic carbocycles. The van der Waals surface area contributed by atoms with Crippen molar-refractivity contribution in [1.29, 1.82) is 0 Å². The average Bonchev–Trinajstić information content (AvgIpc) is 2.69. The second-order valence-corrected chi connectivity index (χ2v) is 9.51. The molecule has 2 heterocycles. The molecular formula is C19H26FN5O4S. The van der Waals surface area contributed by atoms with Crippen LogP contribution in [0.25, 0.3) is 0 Å². The molecule has 0 saturated carbocycles. The van der Waals surface area contributed by atoms with Gasteiger partial charge in [-0.3, -0.25) is 4.79 Å². The van der Waals surface area contributed by atoms with Gasteiger partial charge in [0.05, 0.1) is 24.8 Å². The van der Waals surface area contributed by atoms with E-state index in [4.69, 9.17) is 10.5 Å². The second-order valence-electron chi connectivity index (χ2n) is 7.53. The molecule has 2 unspecified atom stereocenters. The Labute approximate surface area is 175 Å². The number of ketones is 1. The smallest absolute Gasteiger partial charge is 0.224 e. The first kappa shape index (κ1) is 22.2. The molecular weight excluding hydrogens is 413 g/mol. The molecule has 1 aromatic heterocycles. The molecule has 164 valence electrons. The van der Waals surface area contributed by atoms with Crippen LogP contribution in [0.2, 0.25) is 0 Å². The van der Waals surface area contributed by atoms with Crippen LogP contribution in [0.4, 0.5) is 16.2 Å². The van der Waals surface area contributed by atoms with Gasteiger partial charge in [0.25, 0.3) is 0 Å². The lowest BCUT2D eigenvalue weighted by Crippen LogP contribution is -2.42. The largest absolute Gasteiger partial charge is 0.500 e. The van der Waals surface area contributed by atoms with Crippen molar-refractivity contribution in [3.8, 4) is 0 Å². The topological polar surface area (TPSA) is 128 Å². The highest BCUT2D eigenvalue weighted by atomic mass is 32.2. The van der Waals surface area contributed by atoms with E-state index in [0.717, 1.165) is 0 Å². The first-order valence-corrected chi connectivity index (χ1v) is 11.5. The highest BCUT2D eigenvalue weighted by Gasteiger charge is 2.36. The van der Waals surface area contributed by atoms with E-state index in [1.54, 1.807) is 6.92 Å². The fraction of sp³-hybridized carbons (Fsp3) is 0.526. The molecule has 1 aliphatic carbocycles. The summed E-state index contributed by atoms with van der Waals surface area (Å²) in [6.07, 6.45) is 6.45. The van der Waals surface area contributed by atoms with Gasteiger partial charge in [-0.05, 0) is 25.0 Å². The molecule has 0 radical (unpaired) electrons. The molecule has 2 atom stereocenters. The van der Waals surface area contributed by atoms with Gasteiger partial charge in [-0.2, -0.15) is 4.98 Å². The lowest BCUT2D eigenvalue weighted by Gasteiger charge is -2.30. The molecule has 11 heteroatoms. The summed E-state index contributed by atoms with van der Waals surface area (Å²) in [5.74, 6) is -1.75. The summed E-state index contributed by atoms with van der Waals surface area (Å²) in [6, 6.07) is -0.00965. The molecule has 1 aliphatic heterocycles. The van der Waals surface area contributed by atoms with E-state index in [1.165, 1.54) is 36.0 Å². The SMILES string of the molecule is COC1=CC=C(F)C(C)C1C(=O)c1cnc(NC2CCN(S(C)(=O)=O)CC2)nc1N. The number of allylic oxidation sites excluding steroid dienone is 4. The minimum absolute atomic E-state index is 0.00965. The standard InChI is InChI=1S/C19H26FN5O4S/c1-11-14(20)4-5-15(29-2)16(11)17(26)13-10-22-19(24-18(13)21)23-12-6-8-25(9-7-12)30(3,27)28/h4-5,10-12,16H,6-9H2,1-3H3,(H3,21,22,23,24). The third-order valence-electron chi connectivity index (χ3n) is 5.51. The number of halogens is 1. The Morgan fingerprint density at radius 2 is 2.00 bits per heavy atom. The molecule has 3 N–H and O–H groups in total. The Morgan fingerprint density at radius 1 is 1.33 bits per heavy atom. The first-order chi connectivity index (χ1) is 14.1. The van der Waals surface area contributed by atoms with Gasteiger partial charge in [0.1, 0.15) is 17.4 Å². The van der Waals surface area contributed by atoms with E-state index in [0.29, 0.717) is 31.7 Å². The number of sulfonamides is 1. The summed E-state index contributed by atoms with van der Waals surface area (Å²) in [5, 5.41) is 3.13. The van der Waals surface area contributed by atoms with Crippen molar-refractivity contribution in [2.45, 2.75) is 25.8 Å². The zero-order valence-corrected chi connectivity index (χ0v) is 17.9. The summed E-state index contributed by atoms with van der Waals surface area (Å²) in [5.41, 5.74) is 6.11. The van der Waals surface area contributed by atoms with Crippen LogP contribution in [0.1, 0.15) is 30.1 Å². The average molecular weight is 440 g/mol. The number of methoxy groups -OCH3 is 1. The van der Waals surface area contributed by atoms with Gasteiger partial charge >= 0.3 is 0 Å². The zero-order valence-electron chi connectivity index (χ0n) is 17.1. The van der Waals surface area contributed by atoms with E-state index in [-0.39, 0.29) is 23.4 Å². The van der Waals surface area contributed by atoms with E-state index in [9.17, 15) is 17.6 Å². The van der Waals surface area contributed by atoms with E-state index < -0.39 is 33.5 Å². The van der Waals surface area contributed by atoms with E-state index >= 15 is 0 Å². The summed E-state index contributed by atoms with van der Waals surface area (Å²) in [4.78, 5) is 21.4. The first-order valence-electron chi connectivity index (χ1n) is 9.61. The third kappa shape index (κ3) is 4.62. The Balaban J connectivity index is 1.71. The predicted molar refractivity (Wildman–Crippen MR) is 111 cm³/mol. The number of anilines is 2. The van der Waals surface area contributed by atoms with Gasteiger partial charge in [0.15, 0.2) is 5.78 Å². The van der Waals surface area contributed by atoms with Gasteiger partial charge in [0, 0.05) is 31.2 Å². The van der Waals surface area contributed by atoms with Crippen molar-refractivity contribution in [3.63, 3.8) is 0 Å². The molecule has 1 fully saturated rings. The Bertz CT molecular complexity index is 987. The van der Waals surface area contributed by atoms with Crippen LogP contribution in [0.5, 0.6) is 0 Å². The molecule has 30 heavy (non-hydrogen) atoms. The molecule has 1 aromatic rings. The fourth-order valence-corrected chi connectivity index (χ4v) is 4.58. The number of piperidine rings is 1. The lowest BCUT2D eigenvalue weighted by atomic mass is 9.82. The van der Waals surface area contributed by atoms with Crippen molar-refractivity contribution < 1.29 is 22.3 Å². The van der Waals surface area contributed by atoms with Crippen LogP contribution in [-0.2, 0) is 14.8 Å². The summed E-state index contributed by atoms with van der Waals surface area (Å²) < 4.78 is 43.9. The number of nitrogen functional groups attached to an aromatic ring is 1. The van der Waals surface area contributed by atoms with Crippen molar-refractivity contribution in [1.82, 2.24) is 14.3 Å². The second kappa shape index (κ2) is 8.68. The minimum atomic E-state index is -3.20. The fourth-order valence-electron chi connectivity index (χ4n) is 3.71. The number of aromatic nitrogens is 2. The highest BCUT2D eigenvalue weighted by Crippen LogP contribution is 2.35. The number of hydrogen-bond acceptors (Lipinski definition) is 8. The Hall–Kier alpha value is -2.53. The third-order valence-corrected chi connectivity index (χ3v) is 6.81. The maximum atomic E-state index is 14.0. The highest BCUT2D eigenvalue weighted by molar-refractivity contribution is 7.88. The number of Topliss-reactive ketones (excluding diaryl/α,β-unsaturated/α-hetero) is 1. The van der Waals surface area contributed by atoms with E-state index in [1.807, 2.05) is 0 Å². The molecule has 3 rings (SSSR count). The Kier molecular flexibility index (Phi) is 6.41. The maximum absolute atomic E-state index is 14.0. The lowest BCUT2D eigenvalue weighted by molar-refractivity contribution is 0.0849. The quantitative estimate of drug-likeness (QED) is 0.642. The number of hydrogen-bond donors (Lipinski definition) is 2. The zero-order chi connectivity index (χ0) is 22.1. The van der Waals surface area contributed by atoms with Gasteiger partial charge in [-0.15, -0.1) is 0 Å². The minimum Gasteiger partial charge on any atom is -0.500 e. The number of nitrogens with two attached hydrogens (primary N) is 1. The molecule has 9 nitrogen and oxygen atoms in total. The molecule has 2 aliphatic rings. The summed E-state index contributed by atoms with van der Waals surface area (Å²) in [7, 11) is -1.77. The number of nitrogens with one attached hydrogen (secondary N) is 1. The van der Waals surface area contributed by atoms with Crippen LogP contribution in [-0.4, -0.2) is 61.0 Å². The number of nitrogens with zero attached hydrogens (tertiary/aromatic N) is 3. The van der Waals surface area contributed by atoms with Crippen LogP contribution in [0, 0.1) is 11.8 Å². The normalized spacial score (nSPS) is 23.5. The number of ether oxygens (including phenoxy) is 1. The number of carbonyl (C=O) groups is 1. The molecule has 0 amide bonds. The summed E-state index contributed by atoms with van der Waals surface area (Å²) >= 11 is 0. The van der Waals surface area contributed by atoms with E-state index in [2.05, 4.69) is 15.3 Å². The molecule has 0 spiro atoms. The molecule has 1 saturated heterocycles. The maximum Gasteiger partial charge on any atom is 0.224 e. The monoisotopic (exact) mass is 439 g/mol. The van der Waals surface area contributed by atoms with Gasteiger partial charge in [-0.1, -0.05) is 6.92 Å². The van der Waals surface area contributed by atoms with Crippen LogP contribution >= 0.6 is 0 Å². The number of rotatable bonds is 6. The van der Waals surface area contributed by atoms with Gasteiger partial charge < -0.3 is 15.8 Å². The van der Waals surface area contributed by atoms with Crippen molar-refractivity contribution in [3.05, 3.63) is 35.5 Å². The van der Waals surface area contributed by atoms with Crippen molar-refractivity contribution in [2.75, 3.05) is 37.5 Å². The Morgan fingerprint density at radius 3 is 2.57 bits per heavy atom. The van der Waals surface area contributed by atoms with Crippen molar-refractivity contribution in [2.24, 2.45) is 11.8 Å². The number of carbonyl (C=O) groups excluding carboxylic acids is 1. The summed E-state index contributed by atoms with van der Waals surface area (Å²) in [6.45, 7) is 2.43. The predicted octanol–water partition coefficient (Wildman–Crippen LogP) is 1.73. The van der Waals surface area contributed by atoms with Crippen LogP contribution in [0.15, 0.2) is 29.9 Å². The van der Waals surface area contributed by atoms with Crippen molar-refractivity contribution >= 4 is 27.6 Å².